The van der Waals surface area contributed by atoms with Gasteiger partial charge < -0.3 is 4.43 Å². The molecule has 1 nitrogen and oxygen atoms in total. The van der Waals surface area contributed by atoms with Crippen LogP contribution in [0.4, 0.5) is 0 Å². The Kier molecular flexibility index (Phi) is 3.01. The Morgan fingerprint density at radius 3 is 0.808 bits per heavy atom. The highest BCUT2D eigenvalue weighted by Crippen LogP contribution is 2.84. The minimum atomic E-state index is -2.62. The maximum absolute atomic E-state index is 7.85. The van der Waals surface area contributed by atoms with Gasteiger partial charge in [-0.3, -0.25) is 0 Å². The van der Waals surface area contributed by atoms with E-state index >= 15 is 0 Å². The van der Waals surface area contributed by atoms with Crippen molar-refractivity contribution in [1.82, 2.24) is 0 Å². The van der Waals surface area contributed by atoms with Gasteiger partial charge in [-0.25, -0.2) is 0 Å². The Balaban J connectivity index is 0.940. The lowest BCUT2D eigenvalue weighted by molar-refractivity contribution is 0.471. The fourth-order valence-electron chi connectivity index (χ4n) is 26.2. The van der Waals surface area contributed by atoms with Crippen molar-refractivity contribution in [3.8, 4) is 5.75 Å². The van der Waals surface area contributed by atoms with Gasteiger partial charge >= 0.3 is 0 Å². The summed E-state index contributed by atoms with van der Waals surface area (Å²) in [6.07, 6.45) is 0.939. The molecule has 0 heterocycles. The molecular weight excluding hydrogens is 957 g/mol. The van der Waals surface area contributed by atoms with Crippen LogP contribution in [0, 0.1) is 0 Å². The fourth-order valence-corrected chi connectivity index (χ4v) is 28.9. The van der Waals surface area contributed by atoms with Gasteiger partial charge in [-0.15, -0.1) is 0 Å². The topological polar surface area (TPSA) is 9.23 Å². The smallest absolute Gasteiger partial charge is 0.246 e. The molecule has 0 spiro atoms. The van der Waals surface area contributed by atoms with Gasteiger partial charge in [0.15, 0.2) is 0 Å². The van der Waals surface area contributed by atoms with Gasteiger partial charge in [0.2, 0.25) is 8.32 Å². The van der Waals surface area contributed by atoms with Crippen LogP contribution in [0.2, 0.25) is 19.1 Å². The first-order chi connectivity index (χ1) is 38.6. The van der Waals surface area contributed by atoms with Crippen LogP contribution in [0.1, 0.15) is 39.3 Å². The Hall–Kier alpha value is -9.08. The molecule has 0 aliphatic heterocycles. The second-order valence-electron chi connectivity index (χ2n) is 28.6. The Labute approximate surface area is 431 Å². The summed E-state index contributed by atoms with van der Waals surface area (Å²) in [6, 6.07) is 21.4. The summed E-state index contributed by atoms with van der Waals surface area (Å²) < 4.78 is 7.85. The van der Waals surface area contributed by atoms with E-state index in [1.54, 1.807) is 313 Å². The summed E-state index contributed by atoms with van der Waals surface area (Å²) >= 11 is 0. The number of hydrogen-bond acceptors (Lipinski definition) is 1. The van der Waals surface area contributed by atoms with Crippen LogP contribution in [-0.4, -0.2) is 8.32 Å². The molecule has 0 radical (unpaired) electrons. The van der Waals surface area contributed by atoms with Crippen LogP contribution in [-0.2, 0) is 11.8 Å². The normalized spacial score (nSPS) is 19.9. The van der Waals surface area contributed by atoms with Gasteiger partial charge in [-0.2, -0.15) is 0 Å². The first-order valence-electron chi connectivity index (χ1n) is 29.2. The zero-order chi connectivity index (χ0) is 47.3. The second kappa shape index (κ2) is 7.53. The minimum Gasteiger partial charge on any atom is -0.544 e. The number of benzene rings is 20. The largest absolute Gasteiger partial charge is 0.544 e. The predicted molar refractivity (Wildman–Crippen MR) is 334 cm³/mol. The Morgan fingerprint density at radius 2 is 0.513 bits per heavy atom. The number of hydrogen-bond donors (Lipinski definition) is 0. The van der Waals surface area contributed by atoms with Crippen molar-refractivity contribution in [3.63, 3.8) is 0 Å². The maximum Gasteiger partial charge on any atom is 0.246 e. The zero-order valence-electron chi connectivity index (χ0n) is 41.1. The molecule has 78 heavy (non-hydrogen) atoms. The molecule has 0 saturated carbocycles. The highest BCUT2D eigenvalue weighted by molar-refractivity contribution is 6.82. The van der Waals surface area contributed by atoms with E-state index in [0.717, 1.165) is 18.2 Å². The van der Waals surface area contributed by atoms with E-state index < -0.39 is 8.32 Å². The van der Waals surface area contributed by atoms with Gasteiger partial charge in [0.05, 0.1) is 0 Å². The van der Waals surface area contributed by atoms with Crippen molar-refractivity contribution < 1.29 is 4.43 Å². The van der Waals surface area contributed by atoms with E-state index in [0.29, 0.717) is 0 Å². The van der Waals surface area contributed by atoms with E-state index in [4.69, 9.17) is 4.43 Å². The van der Waals surface area contributed by atoms with Gasteiger partial charge in [-0.1, -0.05) is 42.5 Å². The fraction of sp³-hybridized carbons (Fsp3) is 0.0789. The summed E-state index contributed by atoms with van der Waals surface area (Å²) in [5.74, 6) is 1.29. The lowest BCUT2D eigenvalue weighted by Crippen LogP contribution is -2.47. The summed E-state index contributed by atoms with van der Waals surface area (Å²) in [4.78, 5) is 0. The molecule has 0 fully saturated rings. The molecule has 0 atom stereocenters. The quantitative estimate of drug-likeness (QED) is 0.119. The van der Waals surface area contributed by atoms with Gasteiger partial charge in [0, 0.05) is 11.3 Å². The molecule has 30 aromatic carbocycles. The van der Waals surface area contributed by atoms with Crippen molar-refractivity contribution in [3.05, 3.63) is 88.0 Å². The summed E-state index contributed by atoms with van der Waals surface area (Å²) in [5, 5.41) is 89.9. The van der Waals surface area contributed by atoms with Crippen molar-refractivity contribution in [2.24, 2.45) is 0 Å². The molecule has 0 unspecified atom stereocenters. The van der Waals surface area contributed by atoms with E-state index in [1.165, 1.54) is 11.1 Å². The first kappa shape index (κ1) is 31.2. The molecule has 30 aromatic rings. The molecule has 0 amide bonds. The highest BCUT2D eigenvalue weighted by Gasteiger charge is 2.64. The van der Waals surface area contributed by atoms with Gasteiger partial charge in [0.1, 0.15) is 5.75 Å². The van der Waals surface area contributed by atoms with E-state index in [9.17, 15) is 0 Å². The molecule has 4 aliphatic carbocycles. The summed E-state index contributed by atoms with van der Waals surface area (Å²) in [5.41, 5.74) is 9.44. The van der Waals surface area contributed by atoms with Crippen LogP contribution in [0.15, 0.2) is 54.6 Å². The van der Waals surface area contributed by atoms with Crippen LogP contribution in [0.3, 0.4) is 0 Å². The van der Waals surface area contributed by atoms with E-state index in [-0.39, 0.29) is 11.3 Å². The SMILES string of the molecule is C[Si](C)(CC12c3c4c5c6c7c8c(c9c%10c1c1c3c3c%11c4c4c5c5c7c7c%12c8c8c9c9c%10c%10c1c1c3c3c%11c%11c4c4c5c7c5c7c%12c8c8c9c9c%10c1c1c3c3c%11c4c5c4c7c8c9c1c34)C62)Oc1ccc(Cc2ccccc2)cc1. The molecule has 0 aromatic heterocycles. The van der Waals surface area contributed by atoms with Crippen molar-refractivity contribution in [2.75, 3.05) is 0 Å². The second-order valence-corrected chi connectivity index (χ2v) is 32.7. The van der Waals surface area contributed by atoms with Crippen LogP contribution in [0.25, 0.3) is 291 Å². The summed E-state index contributed by atoms with van der Waals surface area (Å²) in [6.45, 7) is 5.25. The average Bonchev–Trinajstić information content (AvgIpc) is 1.60. The third-order valence-electron chi connectivity index (χ3n) is 26.6. The molecule has 334 valence electrons. The molecule has 0 saturated heterocycles. The van der Waals surface area contributed by atoms with E-state index in [2.05, 4.69) is 67.7 Å². The zero-order valence-corrected chi connectivity index (χ0v) is 42.1. The third kappa shape index (κ3) is 1.91. The maximum atomic E-state index is 7.85. The molecule has 0 N–H and O–H groups in total. The lowest BCUT2D eigenvalue weighted by Gasteiger charge is -2.48. The summed E-state index contributed by atoms with van der Waals surface area (Å²) in [7, 11) is -2.62. The Bertz CT molecular complexity index is 7570. The predicted octanol–water partition coefficient (Wildman–Crippen LogP) is 21.0. The molecule has 34 rings (SSSR count). The standard InChI is InChI=1S/C76H20OSi/c1-78(2,77-16-10-8-15(9-11-16)12-14-6-4-3-5-7-14)13-76-73-69-63-49-41-33-21-18-17-19-22(21)34-36-32-26(19)28-24-20(17)23-27-25(18)31-35(33)47(49)55-53-39(31)37(27)45-43-29(23)30(24)44-46-38(28)40(32)54-56-48(36)50(42(34)41)64(63)70(73)66(56)68-60(54)58(46)62-52(44)51(43)61-57(45)59(53)67(65(55)69)74(76)71(61)72(62)75(68)76/h3-11,73H,12-13H2,1-2H3. The average molecular weight is 977 g/mol. The molecule has 0 bridgehead atoms. The van der Waals surface area contributed by atoms with Gasteiger partial charge in [0.25, 0.3) is 0 Å². The number of rotatable bonds is 6. The van der Waals surface area contributed by atoms with Crippen LogP contribution < -0.4 is 4.43 Å². The minimum absolute atomic E-state index is 0.242. The molecule has 2 heteroatoms. The van der Waals surface area contributed by atoms with Crippen molar-refractivity contribution in [2.45, 2.75) is 36.9 Å². The Morgan fingerprint density at radius 1 is 0.282 bits per heavy atom. The highest BCUT2D eigenvalue weighted by atomic mass is 28.4. The van der Waals surface area contributed by atoms with Crippen molar-refractivity contribution in [1.29, 1.82) is 0 Å². The van der Waals surface area contributed by atoms with E-state index in [1.807, 2.05) is 0 Å². The molecular formula is C76H20OSi. The monoisotopic (exact) mass is 976 g/mol. The lowest BCUT2D eigenvalue weighted by atomic mass is 9.58. The molecule has 4 aliphatic rings. The first-order valence-corrected chi connectivity index (χ1v) is 32.3. The van der Waals surface area contributed by atoms with Crippen LogP contribution >= 0.6 is 0 Å². The van der Waals surface area contributed by atoms with Gasteiger partial charge in [-0.05, 0) is 362 Å². The third-order valence-corrected chi connectivity index (χ3v) is 28.8. The van der Waals surface area contributed by atoms with Crippen LogP contribution in [0.5, 0.6) is 5.75 Å². The van der Waals surface area contributed by atoms with Crippen molar-refractivity contribution >= 4 is 299 Å².